The van der Waals surface area contributed by atoms with Gasteiger partial charge >= 0.3 is 0 Å². The van der Waals surface area contributed by atoms with Gasteiger partial charge in [0.05, 0.1) is 0 Å². The van der Waals surface area contributed by atoms with Gasteiger partial charge < -0.3 is 25.3 Å². The largest absolute Gasteiger partial charge is 0.505 e. The molecule has 9 heteroatoms. The number of H-pyrrole nitrogens is 1. The number of hydrogen-bond donors (Lipinski definition) is 4. The Morgan fingerprint density at radius 3 is 2.41 bits per heavy atom. The van der Waals surface area contributed by atoms with E-state index in [9.17, 15) is 19.8 Å². The van der Waals surface area contributed by atoms with Gasteiger partial charge in [0.25, 0.3) is 0 Å². The number of aromatic hydroxyl groups is 2. The van der Waals surface area contributed by atoms with Gasteiger partial charge in [0, 0.05) is 24.9 Å². The number of aromatic nitrogens is 1. The van der Waals surface area contributed by atoms with E-state index in [1.54, 1.807) is 0 Å². The van der Waals surface area contributed by atoms with Crippen molar-refractivity contribution in [2.75, 3.05) is 7.05 Å². The van der Waals surface area contributed by atoms with Crippen molar-refractivity contribution in [2.45, 2.75) is 12.3 Å². The summed E-state index contributed by atoms with van der Waals surface area (Å²) in [5, 5.41) is 22.2. The van der Waals surface area contributed by atoms with Crippen LogP contribution in [0.15, 0.2) is 0 Å². The molecule has 2 aromatic rings. The quantitative estimate of drug-likeness (QED) is 0.281. The van der Waals surface area contributed by atoms with E-state index in [4.69, 9.17) is 23.5 Å². The second-order valence-corrected chi connectivity index (χ2v) is 4.85. The summed E-state index contributed by atoms with van der Waals surface area (Å²) in [6.07, 6.45) is 0.423. The molecule has 22 heavy (non-hydrogen) atoms. The average molecular weight is 292 g/mol. The Hall–Kier alpha value is -2.31. The van der Waals surface area contributed by atoms with Crippen LogP contribution in [0.25, 0.3) is 10.9 Å². The Bertz CT molecular complexity index is 773. The van der Waals surface area contributed by atoms with Crippen LogP contribution in [0.2, 0.25) is 0 Å². The lowest BCUT2D eigenvalue weighted by atomic mass is 9.79. The van der Waals surface area contributed by atoms with Gasteiger partial charge in [0.2, 0.25) is 5.91 Å². The number of fused-ring (bicyclic) bond motifs is 1. The highest BCUT2D eigenvalue weighted by Gasteiger charge is 2.24. The van der Waals surface area contributed by atoms with Gasteiger partial charge in [-0.2, -0.15) is 0 Å². The third kappa shape index (κ3) is 2.36. The molecule has 0 aliphatic heterocycles. The van der Waals surface area contributed by atoms with E-state index in [0.717, 1.165) is 0 Å². The van der Waals surface area contributed by atoms with Crippen molar-refractivity contribution in [1.29, 1.82) is 0 Å². The van der Waals surface area contributed by atoms with E-state index in [2.05, 4.69) is 10.3 Å². The van der Waals surface area contributed by atoms with Crippen molar-refractivity contribution in [3.8, 4) is 11.5 Å². The number of amides is 1. The van der Waals surface area contributed by atoms with Crippen LogP contribution in [0.5, 0.6) is 11.5 Å². The number of aldehydes is 1. The molecule has 0 aliphatic rings. The van der Waals surface area contributed by atoms with Gasteiger partial charge in [-0.1, -0.05) is 0 Å². The molecular formula is C13H11B3N2O4. The maximum atomic E-state index is 11.5. The van der Waals surface area contributed by atoms with Gasteiger partial charge in [-0.05, 0) is 27.5 Å². The van der Waals surface area contributed by atoms with Crippen molar-refractivity contribution in [1.82, 2.24) is 10.3 Å². The first-order valence-electron chi connectivity index (χ1n) is 6.39. The summed E-state index contributed by atoms with van der Waals surface area (Å²) in [6, 6.07) is 0. The second kappa shape index (κ2) is 5.83. The number of hydrogen-bond acceptors (Lipinski definition) is 4. The monoisotopic (exact) mass is 292 g/mol. The van der Waals surface area contributed by atoms with E-state index in [1.165, 1.54) is 7.05 Å². The fraction of sp³-hybridized carbons (Fsp3) is 0.231. The van der Waals surface area contributed by atoms with Gasteiger partial charge in [-0.15, -0.1) is 0 Å². The summed E-state index contributed by atoms with van der Waals surface area (Å²) in [4.78, 5) is 25.6. The number of rotatable bonds is 4. The first kappa shape index (κ1) is 16.1. The summed E-state index contributed by atoms with van der Waals surface area (Å²) in [7, 11) is 18.8. The number of carbonyl (C=O) groups is 2. The number of carbonyl (C=O) groups excluding carboxylic acids is 2. The molecule has 1 amide bonds. The Balaban J connectivity index is 2.76. The summed E-state index contributed by atoms with van der Waals surface area (Å²) in [6.45, 7) is 0. The van der Waals surface area contributed by atoms with Crippen LogP contribution in [0.4, 0.5) is 0 Å². The highest BCUT2D eigenvalue weighted by Crippen LogP contribution is 2.29. The molecule has 4 N–H and O–H groups in total. The summed E-state index contributed by atoms with van der Waals surface area (Å²) >= 11 is 0. The molecule has 0 fully saturated rings. The minimum atomic E-state index is -0.876. The maximum absolute atomic E-state index is 11.5. The molecule has 1 aromatic heterocycles. The lowest BCUT2D eigenvalue weighted by Gasteiger charge is -2.14. The lowest BCUT2D eigenvalue weighted by molar-refractivity contribution is -0.122. The topological polar surface area (TPSA) is 102 Å². The van der Waals surface area contributed by atoms with Crippen molar-refractivity contribution >= 4 is 63.2 Å². The molecule has 6 nitrogen and oxygen atoms in total. The molecule has 0 saturated carbocycles. The van der Waals surface area contributed by atoms with Gasteiger partial charge in [0.15, 0.2) is 5.75 Å². The molecule has 6 radical (unpaired) electrons. The summed E-state index contributed by atoms with van der Waals surface area (Å²) in [5.74, 6) is -2.42. The normalized spacial score (nSPS) is 12.2. The zero-order chi connectivity index (χ0) is 16.6. The molecule has 0 saturated heterocycles. The zero-order valence-corrected chi connectivity index (χ0v) is 11.8. The molecule has 2 rings (SSSR count). The highest BCUT2D eigenvalue weighted by atomic mass is 16.3. The number of phenolic OH excluding ortho intramolecular Hbond substituents is 2. The Labute approximate surface area is 130 Å². The minimum absolute atomic E-state index is 0.0828. The highest BCUT2D eigenvalue weighted by molar-refractivity contribution is 6.49. The first-order chi connectivity index (χ1) is 10.3. The predicted octanol–water partition coefficient (Wildman–Crippen LogP) is -2.62. The first-order valence-corrected chi connectivity index (χ1v) is 6.39. The molecule has 0 spiro atoms. The van der Waals surface area contributed by atoms with E-state index in [0.29, 0.717) is 6.29 Å². The lowest BCUT2D eigenvalue weighted by Crippen LogP contribution is -2.24. The van der Waals surface area contributed by atoms with Gasteiger partial charge in [0.1, 0.15) is 35.6 Å². The number of benzene rings is 1. The second-order valence-electron chi connectivity index (χ2n) is 4.85. The molecule has 0 aliphatic carbocycles. The molecular weight excluding hydrogens is 281 g/mol. The average Bonchev–Trinajstić information content (AvgIpc) is 2.85. The molecule has 1 atom stereocenters. The standard InChI is InChI=1S/C13H11B3N2O4/c1-17-5(20)2-4(3-19)6-7-8(14)11(21)12(22)9(15)10(7)18-13(6)16/h3-4,18,21-22H,2H2,1H3,(H,17,20). The SMILES string of the molecule is [B]c1[nH]c2c([B])c(O)c(O)c([B])c2c1C(C=O)CC(=O)NC. The fourth-order valence-corrected chi connectivity index (χ4v) is 2.41. The van der Waals surface area contributed by atoms with Crippen LogP contribution in [0.3, 0.4) is 0 Å². The summed E-state index contributed by atoms with van der Waals surface area (Å²) < 4.78 is 0. The molecule has 0 bridgehead atoms. The van der Waals surface area contributed by atoms with Crippen LogP contribution >= 0.6 is 0 Å². The van der Waals surface area contributed by atoms with Crippen molar-refractivity contribution in [3.63, 3.8) is 0 Å². The third-order valence-corrected chi connectivity index (χ3v) is 3.56. The zero-order valence-electron chi connectivity index (χ0n) is 11.8. The molecule has 1 heterocycles. The van der Waals surface area contributed by atoms with Crippen LogP contribution in [-0.2, 0) is 9.59 Å². The Morgan fingerprint density at radius 2 is 1.86 bits per heavy atom. The van der Waals surface area contributed by atoms with Crippen molar-refractivity contribution < 1.29 is 19.8 Å². The predicted molar refractivity (Wildman–Crippen MR) is 85.3 cm³/mol. The van der Waals surface area contributed by atoms with Crippen LogP contribution in [0, 0.1) is 0 Å². The van der Waals surface area contributed by atoms with E-state index >= 15 is 0 Å². The van der Waals surface area contributed by atoms with Crippen LogP contribution in [-0.4, -0.2) is 58.0 Å². The molecule has 1 aromatic carbocycles. The van der Waals surface area contributed by atoms with E-state index in [1.807, 2.05) is 0 Å². The number of phenols is 2. The summed E-state index contributed by atoms with van der Waals surface area (Å²) in [5.41, 5.74) is 0.217. The third-order valence-electron chi connectivity index (χ3n) is 3.56. The molecule has 1 unspecified atom stereocenters. The molecule has 106 valence electrons. The number of aromatic amines is 1. The van der Waals surface area contributed by atoms with Crippen LogP contribution < -0.4 is 21.8 Å². The van der Waals surface area contributed by atoms with Gasteiger partial charge in [-0.3, -0.25) is 4.79 Å². The number of nitrogens with one attached hydrogen (secondary N) is 2. The van der Waals surface area contributed by atoms with E-state index < -0.39 is 17.4 Å². The Kier molecular flexibility index (Phi) is 4.26. The maximum Gasteiger partial charge on any atom is 0.220 e. The van der Waals surface area contributed by atoms with E-state index in [-0.39, 0.29) is 45.3 Å². The smallest absolute Gasteiger partial charge is 0.220 e. The van der Waals surface area contributed by atoms with Gasteiger partial charge in [-0.25, -0.2) is 0 Å². The minimum Gasteiger partial charge on any atom is -0.505 e. The van der Waals surface area contributed by atoms with Crippen molar-refractivity contribution in [2.24, 2.45) is 0 Å². The van der Waals surface area contributed by atoms with Crippen LogP contribution in [0.1, 0.15) is 17.9 Å². The fourth-order valence-electron chi connectivity index (χ4n) is 2.41. The van der Waals surface area contributed by atoms with Crippen molar-refractivity contribution in [3.05, 3.63) is 5.56 Å². The Morgan fingerprint density at radius 1 is 1.27 bits per heavy atom.